The Morgan fingerprint density at radius 2 is 0.450 bits per heavy atom. The van der Waals surface area contributed by atoms with Gasteiger partial charge in [0, 0.05) is 66.3 Å². The zero-order chi connectivity index (χ0) is 52.9. The Morgan fingerprint density at radius 3 is 0.775 bits per heavy atom. The first-order valence-electron chi connectivity index (χ1n) is 26.8. The van der Waals surface area contributed by atoms with Crippen molar-refractivity contribution >= 4 is 43.6 Å². The maximum Gasteiger partial charge on any atom is 0.164 e. The molecule has 0 atom stereocenters. The van der Waals surface area contributed by atoms with Crippen molar-refractivity contribution in [2.45, 2.75) is 0 Å². The summed E-state index contributed by atoms with van der Waals surface area (Å²) in [6.45, 7) is 0. The lowest BCUT2D eigenvalue weighted by Gasteiger charge is -2.12. The van der Waals surface area contributed by atoms with Gasteiger partial charge in [0.2, 0.25) is 0 Å². The smallest absolute Gasteiger partial charge is 0.164 e. The summed E-state index contributed by atoms with van der Waals surface area (Å²) >= 11 is 0. The molecule has 8 nitrogen and oxygen atoms in total. The summed E-state index contributed by atoms with van der Waals surface area (Å²) < 4.78 is 4.84. The van der Waals surface area contributed by atoms with E-state index in [4.69, 9.17) is 29.9 Å². The van der Waals surface area contributed by atoms with Gasteiger partial charge in [0.05, 0.1) is 22.1 Å². The first kappa shape index (κ1) is 46.4. The van der Waals surface area contributed by atoms with E-state index in [1.165, 1.54) is 21.5 Å². The molecule has 4 heterocycles. The van der Waals surface area contributed by atoms with Gasteiger partial charge in [0.25, 0.3) is 0 Å². The first-order valence-corrected chi connectivity index (χ1v) is 26.8. The Hall–Kier alpha value is -11.0. The lowest BCUT2D eigenvalue weighted by molar-refractivity contribution is 1.07. The third kappa shape index (κ3) is 8.27. The van der Waals surface area contributed by atoms with E-state index in [0.717, 1.165) is 89.1 Å². The molecule has 0 aliphatic rings. The number of benzene rings is 11. The molecular weight excluding hydrogens is 977 g/mol. The van der Waals surface area contributed by atoms with Crippen LogP contribution in [0.4, 0.5) is 0 Å². The molecule has 0 unspecified atom stereocenters. The molecule has 0 amide bonds. The molecule has 0 bridgehead atoms. The van der Waals surface area contributed by atoms with Crippen molar-refractivity contribution in [3.8, 4) is 102 Å². The summed E-state index contributed by atoms with van der Waals surface area (Å²) in [5, 5.41) is 4.85. The predicted octanol–water partition coefficient (Wildman–Crippen LogP) is 17.6. The van der Waals surface area contributed by atoms with Gasteiger partial charge < -0.3 is 9.13 Å². The molecule has 15 aromatic rings. The molecule has 80 heavy (non-hydrogen) atoms. The van der Waals surface area contributed by atoms with Crippen LogP contribution in [0.2, 0.25) is 0 Å². The van der Waals surface area contributed by atoms with Crippen molar-refractivity contribution in [3.63, 3.8) is 0 Å². The Labute approximate surface area is 461 Å². The highest BCUT2D eigenvalue weighted by molar-refractivity contribution is 6.29. The molecule has 4 aromatic heterocycles. The number of fused-ring (bicyclic) bond motifs is 7. The van der Waals surface area contributed by atoms with E-state index in [0.29, 0.717) is 34.9 Å². The fourth-order valence-electron chi connectivity index (χ4n) is 11.2. The standard InChI is InChI=1S/C72H46N8/c1-5-19-49(20-6-1)67-73-68(50-21-7-2-8-22-50)76-71(75-67)53-39-35-47(36-40-53)55-27-17-29-57(45-55)79-61-33-15-13-31-59(61)65-63(79)43-44-64-66(65)60-32-14-16-34-62(60)80(64)58-30-18-28-56(46-58)48-37-41-54(42-38-48)72-77-69(51-23-9-3-10-24-51)74-70(78-72)52-25-11-4-12-26-52/h1-46H. The number of hydrogen-bond acceptors (Lipinski definition) is 6. The van der Waals surface area contributed by atoms with Crippen LogP contribution >= 0.6 is 0 Å². The Kier molecular flexibility index (Phi) is 11.3. The molecule has 0 saturated heterocycles. The Bertz CT molecular complexity index is 4360. The van der Waals surface area contributed by atoms with Crippen molar-refractivity contribution in [2.24, 2.45) is 0 Å². The van der Waals surface area contributed by atoms with Crippen molar-refractivity contribution in [1.82, 2.24) is 39.0 Å². The summed E-state index contributed by atoms with van der Waals surface area (Å²) in [6, 6.07) is 97.4. The van der Waals surface area contributed by atoms with Crippen LogP contribution in [0, 0.1) is 0 Å². The average molecular weight is 1020 g/mol. The van der Waals surface area contributed by atoms with Crippen LogP contribution in [-0.4, -0.2) is 39.0 Å². The molecule has 0 N–H and O–H groups in total. The van der Waals surface area contributed by atoms with Crippen LogP contribution in [0.25, 0.3) is 146 Å². The monoisotopic (exact) mass is 1020 g/mol. The molecule has 11 aromatic carbocycles. The molecule has 374 valence electrons. The fraction of sp³-hybridized carbons (Fsp3) is 0. The van der Waals surface area contributed by atoms with E-state index in [9.17, 15) is 0 Å². The second kappa shape index (κ2) is 19.6. The van der Waals surface area contributed by atoms with Gasteiger partial charge in [-0.3, -0.25) is 0 Å². The van der Waals surface area contributed by atoms with E-state index in [-0.39, 0.29) is 0 Å². The summed E-state index contributed by atoms with van der Waals surface area (Å²) in [4.78, 5) is 29.7. The van der Waals surface area contributed by atoms with E-state index in [2.05, 4.69) is 167 Å². The van der Waals surface area contributed by atoms with Gasteiger partial charge in [0.15, 0.2) is 34.9 Å². The summed E-state index contributed by atoms with van der Waals surface area (Å²) in [7, 11) is 0. The second-order valence-electron chi connectivity index (χ2n) is 19.9. The van der Waals surface area contributed by atoms with Crippen LogP contribution in [0.15, 0.2) is 279 Å². The third-order valence-corrected chi connectivity index (χ3v) is 15.0. The first-order chi connectivity index (χ1) is 39.6. The third-order valence-electron chi connectivity index (χ3n) is 15.0. The summed E-state index contributed by atoms with van der Waals surface area (Å²) in [5.41, 5.74) is 16.8. The molecule has 0 aliphatic carbocycles. The number of hydrogen-bond donors (Lipinski definition) is 0. The van der Waals surface area contributed by atoms with E-state index in [1.807, 2.05) is 121 Å². The zero-order valence-corrected chi connectivity index (χ0v) is 43.1. The Morgan fingerprint density at radius 1 is 0.188 bits per heavy atom. The molecular formula is C72H46N8. The lowest BCUT2D eigenvalue weighted by Crippen LogP contribution is -2.00. The summed E-state index contributed by atoms with van der Waals surface area (Å²) in [5.74, 6) is 3.82. The van der Waals surface area contributed by atoms with Gasteiger partial charge in [-0.25, -0.2) is 29.9 Å². The normalized spacial score (nSPS) is 11.5. The van der Waals surface area contributed by atoms with Gasteiger partial charge in [-0.15, -0.1) is 0 Å². The van der Waals surface area contributed by atoms with E-state index < -0.39 is 0 Å². The average Bonchev–Trinajstić information content (AvgIpc) is 4.18. The van der Waals surface area contributed by atoms with Crippen molar-refractivity contribution in [1.29, 1.82) is 0 Å². The predicted molar refractivity (Wildman–Crippen MR) is 325 cm³/mol. The SMILES string of the molecule is c1ccc(-c2nc(-c3ccccc3)nc(-c3ccc(-c4cccc(-n5c6ccccc6c6c7c8ccccc8n(-c8cccc(-c9ccc(-c%10nc(-c%11ccccc%11)nc(-c%11ccccc%11)n%10)cc9)c8)c7ccc65)c4)cc3)n2)cc1. The van der Waals surface area contributed by atoms with Crippen LogP contribution in [0.1, 0.15) is 0 Å². The molecule has 0 saturated carbocycles. The second-order valence-corrected chi connectivity index (χ2v) is 19.9. The van der Waals surface area contributed by atoms with Crippen molar-refractivity contribution in [3.05, 3.63) is 279 Å². The number of rotatable bonds is 10. The Balaban J connectivity index is 0.789. The minimum atomic E-state index is 0.628. The number of para-hydroxylation sites is 2. The fourth-order valence-corrected chi connectivity index (χ4v) is 11.2. The molecule has 0 radical (unpaired) electrons. The lowest BCUT2D eigenvalue weighted by atomic mass is 10.0. The minimum Gasteiger partial charge on any atom is -0.309 e. The van der Waals surface area contributed by atoms with E-state index in [1.54, 1.807) is 0 Å². The topological polar surface area (TPSA) is 87.2 Å². The van der Waals surface area contributed by atoms with Crippen LogP contribution in [0.5, 0.6) is 0 Å². The minimum absolute atomic E-state index is 0.628. The number of aromatic nitrogens is 8. The van der Waals surface area contributed by atoms with Crippen LogP contribution < -0.4 is 0 Å². The molecule has 0 fully saturated rings. The van der Waals surface area contributed by atoms with Gasteiger partial charge in [-0.1, -0.05) is 231 Å². The highest BCUT2D eigenvalue weighted by atomic mass is 15.0. The molecule has 8 heteroatoms. The number of nitrogens with zero attached hydrogens (tertiary/aromatic N) is 8. The zero-order valence-electron chi connectivity index (χ0n) is 43.1. The van der Waals surface area contributed by atoms with Crippen molar-refractivity contribution < 1.29 is 0 Å². The van der Waals surface area contributed by atoms with Gasteiger partial charge in [0.1, 0.15) is 0 Å². The molecule has 0 spiro atoms. The quantitative estimate of drug-likeness (QED) is 0.136. The van der Waals surface area contributed by atoms with Gasteiger partial charge >= 0.3 is 0 Å². The van der Waals surface area contributed by atoms with Gasteiger partial charge in [-0.2, -0.15) is 0 Å². The summed E-state index contributed by atoms with van der Waals surface area (Å²) in [6.07, 6.45) is 0. The highest BCUT2D eigenvalue weighted by Gasteiger charge is 2.22. The maximum absolute atomic E-state index is 4.98. The molecule has 15 rings (SSSR count). The van der Waals surface area contributed by atoms with Crippen LogP contribution in [0.3, 0.4) is 0 Å². The maximum atomic E-state index is 4.98. The molecule has 0 aliphatic heterocycles. The van der Waals surface area contributed by atoms with Crippen molar-refractivity contribution in [2.75, 3.05) is 0 Å². The highest BCUT2D eigenvalue weighted by Crippen LogP contribution is 2.43. The largest absolute Gasteiger partial charge is 0.309 e. The van der Waals surface area contributed by atoms with Crippen LogP contribution in [-0.2, 0) is 0 Å². The van der Waals surface area contributed by atoms with Gasteiger partial charge in [-0.05, 0) is 70.8 Å². The van der Waals surface area contributed by atoms with E-state index >= 15 is 0 Å².